The molecule has 1 aliphatic heterocycles. The topological polar surface area (TPSA) is 58.9 Å². The van der Waals surface area contributed by atoms with Gasteiger partial charge in [0.15, 0.2) is 5.82 Å². The molecule has 4 atom stereocenters. The zero-order chi connectivity index (χ0) is 17.2. The Morgan fingerprint density at radius 3 is 2.80 bits per heavy atom. The minimum atomic E-state index is 0.187. The van der Waals surface area contributed by atoms with Gasteiger partial charge < -0.3 is 5.32 Å². The molecule has 0 amide bonds. The van der Waals surface area contributed by atoms with E-state index in [1.807, 2.05) is 7.05 Å². The highest BCUT2D eigenvalue weighted by atomic mass is 15.5. The number of nitrogens with one attached hydrogen (secondary N) is 1. The lowest BCUT2D eigenvalue weighted by Crippen LogP contribution is -2.44. The first-order valence-corrected chi connectivity index (χ1v) is 9.45. The fourth-order valence-electron chi connectivity index (χ4n) is 4.74. The molecule has 0 bridgehead atoms. The van der Waals surface area contributed by atoms with Crippen LogP contribution in [0.25, 0.3) is 0 Å². The molecule has 2 aliphatic rings. The van der Waals surface area contributed by atoms with Crippen molar-refractivity contribution in [3.63, 3.8) is 0 Å². The quantitative estimate of drug-likeness (QED) is 0.904. The largest absolute Gasteiger partial charge is 0.304 e. The van der Waals surface area contributed by atoms with E-state index < -0.39 is 0 Å². The number of hydrogen-bond acceptors (Lipinski definition) is 5. The SMILES string of the molecule is C[C@H](N[C@@H]1CCC[C@@H]2CN(Cc3ccccc3)C[C@H]21)c1nnnn1C. The van der Waals surface area contributed by atoms with Gasteiger partial charge in [0, 0.05) is 32.7 Å². The van der Waals surface area contributed by atoms with Crippen LogP contribution in [-0.4, -0.2) is 44.2 Å². The van der Waals surface area contributed by atoms with Crippen molar-refractivity contribution in [3.05, 3.63) is 41.7 Å². The molecule has 134 valence electrons. The summed E-state index contributed by atoms with van der Waals surface area (Å²) in [4.78, 5) is 2.64. The van der Waals surface area contributed by atoms with Crippen LogP contribution in [0.4, 0.5) is 0 Å². The summed E-state index contributed by atoms with van der Waals surface area (Å²) in [7, 11) is 1.91. The van der Waals surface area contributed by atoms with Crippen molar-refractivity contribution < 1.29 is 0 Å². The van der Waals surface area contributed by atoms with E-state index in [9.17, 15) is 0 Å². The van der Waals surface area contributed by atoms with E-state index in [1.54, 1.807) is 4.68 Å². The number of aromatic nitrogens is 4. The van der Waals surface area contributed by atoms with E-state index in [1.165, 1.54) is 37.9 Å². The Morgan fingerprint density at radius 2 is 2.04 bits per heavy atom. The maximum atomic E-state index is 4.17. The van der Waals surface area contributed by atoms with Crippen LogP contribution in [0.2, 0.25) is 0 Å². The normalized spacial score (nSPS) is 28.0. The van der Waals surface area contributed by atoms with Crippen LogP contribution < -0.4 is 5.32 Å². The van der Waals surface area contributed by atoms with Crippen LogP contribution in [0.1, 0.15) is 43.6 Å². The third-order valence-electron chi connectivity index (χ3n) is 5.93. The Kier molecular flexibility index (Phi) is 4.81. The van der Waals surface area contributed by atoms with E-state index >= 15 is 0 Å². The summed E-state index contributed by atoms with van der Waals surface area (Å²) in [5.74, 6) is 2.47. The number of tetrazole rings is 1. The predicted molar refractivity (Wildman–Crippen MR) is 96.7 cm³/mol. The Bertz CT molecular complexity index is 684. The third kappa shape index (κ3) is 3.60. The molecule has 2 fully saturated rings. The number of likely N-dealkylation sites (tertiary alicyclic amines) is 1. The van der Waals surface area contributed by atoms with Gasteiger partial charge in [0.25, 0.3) is 0 Å². The number of aryl methyl sites for hydroxylation is 1. The lowest BCUT2D eigenvalue weighted by molar-refractivity contribution is 0.208. The van der Waals surface area contributed by atoms with E-state index in [-0.39, 0.29) is 6.04 Å². The Labute approximate surface area is 149 Å². The maximum Gasteiger partial charge on any atom is 0.167 e. The van der Waals surface area contributed by atoms with Crippen LogP contribution >= 0.6 is 0 Å². The molecule has 0 radical (unpaired) electrons. The minimum Gasteiger partial charge on any atom is -0.304 e. The zero-order valence-electron chi connectivity index (χ0n) is 15.2. The smallest absolute Gasteiger partial charge is 0.167 e. The highest BCUT2D eigenvalue weighted by Crippen LogP contribution is 2.37. The first-order valence-electron chi connectivity index (χ1n) is 9.45. The average Bonchev–Trinajstić information content (AvgIpc) is 3.22. The summed E-state index contributed by atoms with van der Waals surface area (Å²) in [6.07, 6.45) is 3.95. The lowest BCUT2D eigenvalue weighted by Gasteiger charge is -2.35. The molecule has 1 aromatic heterocycles. The third-order valence-corrected chi connectivity index (χ3v) is 5.93. The molecular weight excluding hydrogens is 312 g/mol. The Hall–Kier alpha value is -1.79. The van der Waals surface area contributed by atoms with E-state index in [2.05, 4.69) is 63.0 Å². The number of rotatable bonds is 5. The highest BCUT2D eigenvalue weighted by Gasteiger charge is 2.40. The van der Waals surface area contributed by atoms with Crippen molar-refractivity contribution in [1.29, 1.82) is 0 Å². The average molecular weight is 340 g/mol. The molecular formula is C19H28N6. The van der Waals surface area contributed by atoms with Gasteiger partial charge in [-0.05, 0) is 47.6 Å². The van der Waals surface area contributed by atoms with Gasteiger partial charge in [-0.15, -0.1) is 5.10 Å². The molecule has 1 saturated heterocycles. The molecule has 0 unspecified atom stereocenters. The molecule has 1 aliphatic carbocycles. The van der Waals surface area contributed by atoms with Gasteiger partial charge in [-0.1, -0.05) is 36.8 Å². The molecule has 25 heavy (non-hydrogen) atoms. The summed E-state index contributed by atoms with van der Waals surface area (Å²) < 4.78 is 1.77. The first-order chi connectivity index (χ1) is 12.2. The molecule has 1 saturated carbocycles. The van der Waals surface area contributed by atoms with E-state index in [0.717, 1.165) is 24.2 Å². The first kappa shape index (κ1) is 16.7. The van der Waals surface area contributed by atoms with Crippen molar-refractivity contribution in [2.24, 2.45) is 18.9 Å². The molecule has 2 aromatic rings. The van der Waals surface area contributed by atoms with Gasteiger partial charge in [-0.2, -0.15) is 0 Å². The van der Waals surface area contributed by atoms with Gasteiger partial charge in [0.05, 0.1) is 6.04 Å². The predicted octanol–water partition coefficient (Wildman–Crippen LogP) is 2.16. The van der Waals surface area contributed by atoms with Crippen molar-refractivity contribution in [3.8, 4) is 0 Å². The standard InChI is InChI=1S/C19H28N6/c1-14(19-21-22-23-24(19)2)20-18-10-6-9-16-12-25(13-17(16)18)11-15-7-4-3-5-8-15/h3-5,7-8,14,16-18,20H,6,9-13H2,1-2H3/t14-,16+,17+,18+/m0/s1. The Balaban J connectivity index is 1.40. The van der Waals surface area contributed by atoms with E-state index in [4.69, 9.17) is 0 Å². The van der Waals surface area contributed by atoms with Crippen molar-refractivity contribution in [2.75, 3.05) is 13.1 Å². The monoisotopic (exact) mass is 340 g/mol. The second-order valence-electron chi connectivity index (χ2n) is 7.69. The van der Waals surface area contributed by atoms with Crippen LogP contribution in [-0.2, 0) is 13.6 Å². The maximum absolute atomic E-state index is 4.17. The number of fused-ring (bicyclic) bond motifs is 1. The summed E-state index contributed by atoms with van der Waals surface area (Å²) in [5, 5.41) is 15.7. The molecule has 1 N–H and O–H groups in total. The molecule has 0 spiro atoms. The van der Waals surface area contributed by atoms with E-state index in [0.29, 0.717) is 6.04 Å². The lowest BCUT2D eigenvalue weighted by atomic mass is 9.78. The number of nitrogens with zero attached hydrogens (tertiary/aromatic N) is 5. The zero-order valence-corrected chi connectivity index (χ0v) is 15.2. The van der Waals surface area contributed by atoms with Gasteiger partial charge >= 0.3 is 0 Å². The molecule has 6 nitrogen and oxygen atoms in total. The van der Waals surface area contributed by atoms with Crippen molar-refractivity contribution in [2.45, 2.75) is 44.8 Å². The Morgan fingerprint density at radius 1 is 1.20 bits per heavy atom. The number of hydrogen-bond donors (Lipinski definition) is 1. The second-order valence-corrected chi connectivity index (χ2v) is 7.69. The highest BCUT2D eigenvalue weighted by molar-refractivity contribution is 5.15. The summed E-state index contributed by atoms with van der Waals surface area (Å²) in [6.45, 7) is 5.67. The van der Waals surface area contributed by atoms with Crippen LogP contribution in [0.5, 0.6) is 0 Å². The minimum absolute atomic E-state index is 0.187. The van der Waals surface area contributed by atoms with Crippen molar-refractivity contribution >= 4 is 0 Å². The van der Waals surface area contributed by atoms with Crippen LogP contribution in [0, 0.1) is 11.8 Å². The van der Waals surface area contributed by atoms with Crippen LogP contribution in [0.3, 0.4) is 0 Å². The summed E-state index contributed by atoms with van der Waals surface area (Å²) in [6, 6.07) is 11.6. The van der Waals surface area contributed by atoms with Gasteiger partial charge in [-0.3, -0.25) is 4.90 Å². The summed E-state index contributed by atoms with van der Waals surface area (Å²) in [5.41, 5.74) is 1.42. The molecule has 2 heterocycles. The number of benzene rings is 1. The summed E-state index contributed by atoms with van der Waals surface area (Å²) >= 11 is 0. The second kappa shape index (κ2) is 7.22. The molecule has 4 rings (SSSR count). The molecule has 6 heteroatoms. The van der Waals surface area contributed by atoms with Crippen molar-refractivity contribution in [1.82, 2.24) is 30.4 Å². The fraction of sp³-hybridized carbons (Fsp3) is 0.632. The van der Waals surface area contributed by atoms with Gasteiger partial charge in [0.2, 0.25) is 0 Å². The molecule has 1 aromatic carbocycles. The van der Waals surface area contributed by atoms with Crippen LogP contribution in [0.15, 0.2) is 30.3 Å². The fourth-order valence-corrected chi connectivity index (χ4v) is 4.74. The van der Waals surface area contributed by atoms with Gasteiger partial charge in [0.1, 0.15) is 0 Å². The van der Waals surface area contributed by atoms with Gasteiger partial charge in [-0.25, -0.2) is 4.68 Å².